The summed E-state index contributed by atoms with van der Waals surface area (Å²) in [7, 11) is 0. The van der Waals surface area contributed by atoms with Crippen LogP contribution in [0.2, 0.25) is 0 Å². The number of nitrogens with zero attached hydrogens (tertiary/aromatic N) is 4. The highest BCUT2D eigenvalue weighted by Gasteiger charge is 2.39. The standard InChI is InChI=1S/C11H11F3N4/c1-7(2)15-10(11(12,13)14)18-9-6-4-3-5-8(9)16-17-18/h3-7H,1-2H3. The number of rotatable bonds is 1. The summed E-state index contributed by atoms with van der Waals surface area (Å²) >= 11 is 0. The number of halogens is 3. The van der Waals surface area contributed by atoms with Crippen LogP contribution in [0.1, 0.15) is 13.8 Å². The van der Waals surface area contributed by atoms with Gasteiger partial charge in [-0.1, -0.05) is 17.3 Å². The van der Waals surface area contributed by atoms with Crippen LogP contribution in [0.3, 0.4) is 0 Å². The maximum absolute atomic E-state index is 13.0. The molecule has 0 radical (unpaired) electrons. The number of aromatic nitrogens is 3. The van der Waals surface area contributed by atoms with Crippen molar-refractivity contribution in [2.24, 2.45) is 4.99 Å². The molecule has 0 saturated carbocycles. The molecule has 1 heterocycles. The van der Waals surface area contributed by atoms with Gasteiger partial charge in [0.15, 0.2) is 0 Å². The molecule has 1 aromatic heterocycles. The lowest BCUT2D eigenvalue weighted by molar-refractivity contribution is -0.0623. The Morgan fingerprint density at radius 2 is 1.94 bits per heavy atom. The van der Waals surface area contributed by atoms with E-state index >= 15 is 0 Å². The van der Waals surface area contributed by atoms with Crippen molar-refractivity contribution in [3.63, 3.8) is 0 Å². The number of alkyl halides is 3. The molecular formula is C11H11F3N4. The fourth-order valence-electron chi connectivity index (χ4n) is 1.52. The van der Waals surface area contributed by atoms with Crippen molar-refractivity contribution in [3.05, 3.63) is 24.3 Å². The summed E-state index contributed by atoms with van der Waals surface area (Å²) in [5, 5.41) is 7.22. The second-order valence-electron chi connectivity index (χ2n) is 4.03. The summed E-state index contributed by atoms with van der Waals surface area (Å²) < 4.78 is 39.6. The molecule has 0 aliphatic carbocycles. The highest BCUT2D eigenvalue weighted by atomic mass is 19.4. The largest absolute Gasteiger partial charge is 0.451 e. The molecule has 0 unspecified atom stereocenters. The van der Waals surface area contributed by atoms with Gasteiger partial charge in [-0.15, -0.1) is 5.10 Å². The Labute approximate surface area is 101 Å². The van der Waals surface area contributed by atoms with E-state index in [4.69, 9.17) is 0 Å². The monoisotopic (exact) mass is 256 g/mol. The number of hydrogen-bond donors (Lipinski definition) is 0. The molecule has 0 saturated heterocycles. The Morgan fingerprint density at radius 3 is 2.56 bits per heavy atom. The van der Waals surface area contributed by atoms with Crippen molar-refractivity contribution >= 4 is 16.9 Å². The number of fused-ring (bicyclic) bond motifs is 1. The van der Waals surface area contributed by atoms with E-state index in [-0.39, 0.29) is 5.52 Å². The van der Waals surface area contributed by atoms with E-state index < -0.39 is 18.1 Å². The molecule has 1 aromatic carbocycles. The van der Waals surface area contributed by atoms with Gasteiger partial charge in [0.05, 0.1) is 5.52 Å². The minimum Gasteiger partial charge on any atom is -0.260 e. The fourth-order valence-corrected chi connectivity index (χ4v) is 1.52. The summed E-state index contributed by atoms with van der Waals surface area (Å²) in [6, 6.07) is 5.96. The molecule has 2 rings (SSSR count). The molecule has 0 bridgehead atoms. The number of aliphatic imine (C=N–C) groups is 1. The lowest BCUT2D eigenvalue weighted by Crippen LogP contribution is -2.32. The average molecular weight is 256 g/mol. The van der Waals surface area contributed by atoms with Gasteiger partial charge in [-0.3, -0.25) is 4.99 Å². The normalized spacial score (nSPS) is 13.6. The van der Waals surface area contributed by atoms with Crippen LogP contribution < -0.4 is 0 Å². The van der Waals surface area contributed by atoms with Crippen LogP contribution in [-0.4, -0.2) is 33.0 Å². The van der Waals surface area contributed by atoms with E-state index in [1.165, 1.54) is 6.07 Å². The van der Waals surface area contributed by atoms with Gasteiger partial charge in [-0.25, -0.2) is 0 Å². The van der Waals surface area contributed by atoms with Crippen molar-refractivity contribution in [3.8, 4) is 0 Å². The third kappa shape index (κ3) is 2.34. The van der Waals surface area contributed by atoms with Crippen LogP contribution in [0.4, 0.5) is 13.2 Å². The van der Waals surface area contributed by atoms with Crippen molar-refractivity contribution in [1.29, 1.82) is 0 Å². The smallest absolute Gasteiger partial charge is 0.260 e. The minimum atomic E-state index is -4.57. The van der Waals surface area contributed by atoms with E-state index in [2.05, 4.69) is 15.3 Å². The van der Waals surface area contributed by atoms with E-state index in [0.717, 1.165) is 4.68 Å². The Hall–Kier alpha value is -1.92. The first-order valence-electron chi connectivity index (χ1n) is 5.35. The molecule has 0 fully saturated rings. The Bertz CT molecular complexity index is 583. The summed E-state index contributed by atoms with van der Waals surface area (Å²) in [4.78, 5) is 3.59. The van der Waals surface area contributed by atoms with Crippen LogP contribution in [0, 0.1) is 0 Å². The van der Waals surface area contributed by atoms with Crippen LogP contribution in [-0.2, 0) is 0 Å². The van der Waals surface area contributed by atoms with Gasteiger partial charge in [-0.05, 0) is 26.0 Å². The van der Waals surface area contributed by atoms with Crippen LogP contribution in [0.25, 0.3) is 11.0 Å². The maximum Gasteiger partial charge on any atom is 0.451 e. The quantitative estimate of drug-likeness (QED) is 0.581. The minimum absolute atomic E-state index is 0.286. The van der Waals surface area contributed by atoms with Gasteiger partial charge >= 0.3 is 6.18 Å². The molecule has 0 N–H and O–H groups in total. The molecule has 0 aliphatic heterocycles. The average Bonchev–Trinajstić information content (AvgIpc) is 2.67. The molecule has 0 atom stereocenters. The van der Waals surface area contributed by atoms with Crippen LogP contribution in [0.15, 0.2) is 29.3 Å². The zero-order valence-corrected chi connectivity index (χ0v) is 9.81. The Morgan fingerprint density at radius 1 is 1.28 bits per heavy atom. The molecule has 7 heteroatoms. The summed E-state index contributed by atoms with van der Waals surface area (Å²) in [6.45, 7) is 3.15. The predicted molar refractivity (Wildman–Crippen MR) is 61.6 cm³/mol. The number of hydrogen-bond acceptors (Lipinski definition) is 3. The van der Waals surface area contributed by atoms with Crippen molar-refractivity contribution in [1.82, 2.24) is 15.0 Å². The van der Waals surface area contributed by atoms with Crippen molar-refractivity contribution in [2.45, 2.75) is 26.1 Å². The Kier molecular flexibility index (Phi) is 3.06. The second kappa shape index (κ2) is 4.40. The summed E-state index contributed by atoms with van der Waals surface area (Å²) in [5.41, 5.74) is 0.687. The van der Waals surface area contributed by atoms with Gasteiger partial charge in [0.1, 0.15) is 5.52 Å². The molecule has 4 nitrogen and oxygen atoms in total. The van der Waals surface area contributed by atoms with Gasteiger partial charge in [-0.2, -0.15) is 17.9 Å². The molecule has 2 aromatic rings. The second-order valence-corrected chi connectivity index (χ2v) is 4.03. The fraction of sp³-hybridized carbons (Fsp3) is 0.364. The van der Waals surface area contributed by atoms with Crippen LogP contribution >= 0.6 is 0 Å². The molecule has 0 spiro atoms. The first-order valence-corrected chi connectivity index (χ1v) is 5.35. The van der Waals surface area contributed by atoms with E-state index in [0.29, 0.717) is 5.52 Å². The molecular weight excluding hydrogens is 245 g/mol. The van der Waals surface area contributed by atoms with E-state index in [1.807, 2.05) is 0 Å². The molecule has 96 valence electrons. The van der Waals surface area contributed by atoms with E-state index in [9.17, 15) is 13.2 Å². The first-order chi connectivity index (χ1) is 8.39. The lowest BCUT2D eigenvalue weighted by atomic mass is 10.3. The predicted octanol–water partition coefficient (Wildman–Crippen LogP) is 2.65. The van der Waals surface area contributed by atoms with E-state index in [1.54, 1.807) is 32.0 Å². The molecule has 0 amide bonds. The lowest BCUT2D eigenvalue weighted by Gasteiger charge is -2.11. The molecule has 0 aliphatic rings. The number of para-hydroxylation sites is 1. The SMILES string of the molecule is CC(C)N=C(n1nnc2ccccc21)C(F)(F)F. The summed E-state index contributed by atoms with van der Waals surface area (Å²) in [6.07, 6.45) is -4.57. The van der Waals surface area contributed by atoms with Gasteiger partial charge in [0.2, 0.25) is 5.84 Å². The highest BCUT2D eigenvalue weighted by molar-refractivity contribution is 5.95. The zero-order valence-electron chi connectivity index (χ0n) is 9.81. The van der Waals surface area contributed by atoms with Gasteiger partial charge in [0.25, 0.3) is 0 Å². The topological polar surface area (TPSA) is 43.1 Å². The van der Waals surface area contributed by atoms with Crippen LogP contribution in [0.5, 0.6) is 0 Å². The van der Waals surface area contributed by atoms with Crippen molar-refractivity contribution < 1.29 is 13.2 Å². The maximum atomic E-state index is 13.0. The third-order valence-electron chi connectivity index (χ3n) is 2.19. The zero-order chi connectivity index (χ0) is 13.3. The highest BCUT2D eigenvalue weighted by Crippen LogP contribution is 2.22. The number of benzene rings is 1. The molecule has 18 heavy (non-hydrogen) atoms. The third-order valence-corrected chi connectivity index (χ3v) is 2.19. The van der Waals surface area contributed by atoms with Gasteiger partial charge < -0.3 is 0 Å². The van der Waals surface area contributed by atoms with Gasteiger partial charge in [0, 0.05) is 6.04 Å². The van der Waals surface area contributed by atoms with Crippen molar-refractivity contribution in [2.75, 3.05) is 0 Å². The summed E-state index contributed by atoms with van der Waals surface area (Å²) in [5.74, 6) is -1.05. The first kappa shape index (κ1) is 12.5. The Balaban J connectivity index is 2.63.